The van der Waals surface area contributed by atoms with Crippen molar-refractivity contribution in [3.05, 3.63) is 64.7 Å². The Bertz CT molecular complexity index is 890. The minimum atomic E-state index is -3.95. The van der Waals surface area contributed by atoms with Gasteiger partial charge < -0.3 is 0 Å². The van der Waals surface area contributed by atoms with Gasteiger partial charge in [-0.25, -0.2) is 17.2 Å². The van der Waals surface area contributed by atoms with Gasteiger partial charge in [-0.2, -0.15) is 12.6 Å². The van der Waals surface area contributed by atoms with Gasteiger partial charge in [-0.1, -0.05) is 11.6 Å². The summed E-state index contributed by atoms with van der Waals surface area (Å²) < 4.78 is 54.1. The van der Waals surface area contributed by atoms with E-state index in [1.807, 2.05) is 0 Å². The highest BCUT2D eigenvalue weighted by molar-refractivity contribution is 7.92. The van der Waals surface area contributed by atoms with Crippen molar-refractivity contribution < 1.29 is 17.2 Å². The fourth-order valence-electron chi connectivity index (χ4n) is 3.70. The maximum atomic E-state index is 14.6. The minimum absolute atomic E-state index is 0.0647. The van der Waals surface area contributed by atoms with E-state index >= 15 is 0 Å². The van der Waals surface area contributed by atoms with E-state index in [1.54, 1.807) is 0 Å². The van der Waals surface area contributed by atoms with Crippen molar-refractivity contribution in [1.29, 1.82) is 0 Å². The van der Waals surface area contributed by atoms with Crippen LogP contribution in [-0.4, -0.2) is 14.2 Å². The number of hydrogen-bond acceptors (Lipinski definition) is 3. The van der Waals surface area contributed by atoms with Crippen molar-refractivity contribution in [1.82, 2.24) is 0 Å². The molecule has 26 heavy (non-hydrogen) atoms. The van der Waals surface area contributed by atoms with Crippen LogP contribution in [0.15, 0.2) is 47.4 Å². The molecule has 0 atom stereocenters. The first-order chi connectivity index (χ1) is 12.3. The van der Waals surface area contributed by atoms with Crippen LogP contribution in [0.5, 0.6) is 0 Å². The van der Waals surface area contributed by atoms with Gasteiger partial charge in [0.15, 0.2) is 9.84 Å². The standard InChI is InChI=1S/C19H19ClF2O2S2/c20-14-1-4-16(5-2-14)26(23,24)19(9-7-13(12-25)8-10-19)17-11-15(21)3-6-18(17)22/h1-6,11,13,25H,7-10,12H2. The largest absolute Gasteiger partial charge is 0.223 e. The third-order valence-corrected chi connectivity index (χ3v) is 8.55. The summed E-state index contributed by atoms with van der Waals surface area (Å²) in [6.45, 7) is 0. The first-order valence-electron chi connectivity index (χ1n) is 8.37. The molecule has 1 aliphatic carbocycles. The highest BCUT2D eigenvalue weighted by Gasteiger charge is 2.49. The Hall–Kier alpha value is -1.11. The molecule has 0 aliphatic heterocycles. The lowest BCUT2D eigenvalue weighted by Crippen LogP contribution is -2.41. The quantitative estimate of drug-likeness (QED) is 0.676. The Kier molecular flexibility index (Phi) is 5.66. The molecule has 0 bridgehead atoms. The summed E-state index contributed by atoms with van der Waals surface area (Å²) in [5.74, 6) is -0.442. The third kappa shape index (κ3) is 3.39. The molecule has 1 saturated carbocycles. The molecule has 140 valence electrons. The van der Waals surface area contributed by atoms with E-state index in [1.165, 1.54) is 24.3 Å². The van der Waals surface area contributed by atoms with Crippen LogP contribution >= 0.6 is 24.2 Å². The number of benzene rings is 2. The molecular weight excluding hydrogens is 398 g/mol. The van der Waals surface area contributed by atoms with Crippen molar-refractivity contribution in [3.63, 3.8) is 0 Å². The van der Waals surface area contributed by atoms with Crippen LogP contribution in [0.1, 0.15) is 31.2 Å². The lowest BCUT2D eigenvalue weighted by atomic mass is 9.78. The van der Waals surface area contributed by atoms with Crippen molar-refractivity contribution in [2.75, 3.05) is 5.75 Å². The highest BCUT2D eigenvalue weighted by atomic mass is 35.5. The lowest BCUT2D eigenvalue weighted by molar-refractivity contribution is 0.306. The van der Waals surface area contributed by atoms with Gasteiger partial charge in [0.25, 0.3) is 0 Å². The van der Waals surface area contributed by atoms with E-state index in [2.05, 4.69) is 12.6 Å². The van der Waals surface area contributed by atoms with Crippen LogP contribution in [0, 0.1) is 17.6 Å². The molecule has 0 unspecified atom stereocenters. The molecule has 0 spiro atoms. The molecular formula is C19H19ClF2O2S2. The van der Waals surface area contributed by atoms with Gasteiger partial charge in [-0.05, 0) is 79.8 Å². The van der Waals surface area contributed by atoms with E-state index in [4.69, 9.17) is 11.6 Å². The third-order valence-electron chi connectivity index (χ3n) is 5.23. The number of halogens is 3. The van der Waals surface area contributed by atoms with E-state index in [0.717, 1.165) is 18.2 Å². The summed E-state index contributed by atoms with van der Waals surface area (Å²) in [5, 5.41) is 0.411. The SMILES string of the molecule is O=S(=O)(c1ccc(Cl)cc1)C1(c2cc(F)ccc2F)CCC(CS)CC1. The number of sulfone groups is 1. The molecule has 0 heterocycles. The Morgan fingerprint density at radius 1 is 1.08 bits per heavy atom. The van der Waals surface area contributed by atoms with Crippen LogP contribution in [0.4, 0.5) is 8.78 Å². The van der Waals surface area contributed by atoms with Crippen LogP contribution in [-0.2, 0) is 14.6 Å². The second-order valence-corrected chi connectivity index (χ2v) is 9.76. The fourth-order valence-corrected chi connectivity index (χ4v) is 6.35. The molecule has 0 saturated heterocycles. The molecule has 0 aromatic heterocycles. The first-order valence-corrected chi connectivity index (χ1v) is 10.9. The normalized spacial score (nSPS) is 23.8. The molecule has 0 radical (unpaired) electrons. The van der Waals surface area contributed by atoms with Crippen LogP contribution in [0.2, 0.25) is 5.02 Å². The number of hydrogen-bond donors (Lipinski definition) is 1. The summed E-state index contributed by atoms with van der Waals surface area (Å²) in [6.07, 6.45) is 1.63. The smallest absolute Gasteiger partial charge is 0.188 e. The van der Waals surface area contributed by atoms with Crippen LogP contribution < -0.4 is 0 Å². The fraction of sp³-hybridized carbons (Fsp3) is 0.368. The summed E-state index contributed by atoms with van der Waals surface area (Å²) >= 11 is 10.2. The van der Waals surface area contributed by atoms with Crippen molar-refractivity contribution in [3.8, 4) is 0 Å². The summed E-state index contributed by atoms with van der Waals surface area (Å²) in [5.41, 5.74) is -0.0925. The van der Waals surface area contributed by atoms with Gasteiger partial charge in [-0.3, -0.25) is 0 Å². The minimum Gasteiger partial charge on any atom is -0.223 e. The topological polar surface area (TPSA) is 34.1 Å². The average Bonchev–Trinajstić information content (AvgIpc) is 2.64. The molecule has 1 fully saturated rings. The van der Waals surface area contributed by atoms with Crippen molar-refractivity contribution in [2.45, 2.75) is 35.3 Å². The summed E-state index contributed by atoms with van der Waals surface area (Å²) in [6, 6.07) is 8.83. The second-order valence-electron chi connectivity index (χ2n) is 6.70. The molecule has 7 heteroatoms. The van der Waals surface area contributed by atoms with Crippen molar-refractivity contribution in [2.24, 2.45) is 5.92 Å². The molecule has 0 amide bonds. The molecule has 2 nitrogen and oxygen atoms in total. The Labute approximate surface area is 162 Å². The zero-order valence-electron chi connectivity index (χ0n) is 14.0. The molecule has 2 aromatic rings. The lowest BCUT2D eigenvalue weighted by Gasteiger charge is -2.40. The molecule has 2 aromatic carbocycles. The number of rotatable bonds is 4. The van der Waals surface area contributed by atoms with Gasteiger partial charge in [0.2, 0.25) is 0 Å². The number of thiol groups is 1. The maximum Gasteiger partial charge on any atom is 0.188 e. The zero-order chi connectivity index (χ0) is 18.9. The van der Waals surface area contributed by atoms with Gasteiger partial charge in [0.05, 0.1) is 4.90 Å². The molecule has 0 N–H and O–H groups in total. The summed E-state index contributed by atoms with van der Waals surface area (Å²) in [4.78, 5) is 0.0647. The predicted octanol–water partition coefficient (Wildman–Crippen LogP) is 5.41. The summed E-state index contributed by atoms with van der Waals surface area (Å²) in [7, 11) is -3.95. The van der Waals surface area contributed by atoms with Gasteiger partial charge in [0.1, 0.15) is 16.4 Å². The maximum absolute atomic E-state index is 14.6. The van der Waals surface area contributed by atoms with Crippen LogP contribution in [0.3, 0.4) is 0 Å². The second kappa shape index (κ2) is 7.49. The van der Waals surface area contributed by atoms with E-state index < -0.39 is 26.2 Å². The monoisotopic (exact) mass is 416 g/mol. The van der Waals surface area contributed by atoms with Gasteiger partial charge in [0, 0.05) is 10.6 Å². The Morgan fingerprint density at radius 3 is 2.27 bits per heavy atom. The first kappa shape index (κ1) is 19.6. The van der Waals surface area contributed by atoms with Crippen LogP contribution in [0.25, 0.3) is 0 Å². The zero-order valence-corrected chi connectivity index (χ0v) is 16.4. The average molecular weight is 417 g/mol. The van der Waals surface area contributed by atoms with E-state index in [9.17, 15) is 17.2 Å². The predicted molar refractivity (Wildman–Crippen MR) is 102 cm³/mol. The van der Waals surface area contributed by atoms with Gasteiger partial charge >= 0.3 is 0 Å². The van der Waals surface area contributed by atoms with E-state index in [0.29, 0.717) is 23.6 Å². The highest BCUT2D eigenvalue weighted by Crippen LogP contribution is 2.49. The Morgan fingerprint density at radius 2 is 1.69 bits per heavy atom. The van der Waals surface area contributed by atoms with Crippen molar-refractivity contribution >= 4 is 34.1 Å². The Balaban J connectivity index is 2.18. The van der Waals surface area contributed by atoms with E-state index in [-0.39, 0.29) is 29.2 Å². The van der Waals surface area contributed by atoms with Gasteiger partial charge in [-0.15, -0.1) is 0 Å². The molecule has 3 rings (SSSR count). The molecule has 1 aliphatic rings.